The summed E-state index contributed by atoms with van der Waals surface area (Å²) in [5, 5.41) is 6.47. The Morgan fingerprint density at radius 1 is 1.44 bits per heavy atom. The predicted molar refractivity (Wildman–Crippen MR) is 64.3 cm³/mol. The molecular weight excluding hydrogens is 202 g/mol. The van der Waals surface area contributed by atoms with Gasteiger partial charge in [0.1, 0.15) is 0 Å². The lowest BCUT2D eigenvalue weighted by molar-refractivity contribution is 0.200. The minimum absolute atomic E-state index is 0.135. The Morgan fingerprint density at radius 3 is 2.88 bits per heavy atom. The molecule has 2 aliphatic heterocycles. The van der Waals surface area contributed by atoms with Crippen LogP contribution in [-0.4, -0.2) is 43.7 Å². The van der Waals surface area contributed by atoms with E-state index in [1.54, 1.807) is 0 Å². The molecule has 0 saturated carbocycles. The zero-order valence-corrected chi connectivity index (χ0v) is 10.2. The van der Waals surface area contributed by atoms with E-state index in [2.05, 4.69) is 17.6 Å². The van der Waals surface area contributed by atoms with Crippen molar-refractivity contribution in [3.05, 3.63) is 0 Å². The number of amides is 2. The highest BCUT2D eigenvalue weighted by atomic mass is 16.2. The number of nitrogens with zero attached hydrogens (tertiary/aromatic N) is 1. The topological polar surface area (TPSA) is 44.4 Å². The lowest BCUT2D eigenvalue weighted by atomic mass is 9.88. The smallest absolute Gasteiger partial charge is 0.317 e. The molecule has 2 aliphatic rings. The summed E-state index contributed by atoms with van der Waals surface area (Å²) in [5.41, 5.74) is 0. The second kappa shape index (κ2) is 5.53. The quantitative estimate of drug-likeness (QED) is 0.737. The van der Waals surface area contributed by atoms with Gasteiger partial charge in [-0.15, -0.1) is 0 Å². The molecule has 0 aromatic rings. The first kappa shape index (κ1) is 11.7. The van der Waals surface area contributed by atoms with Gasteiger partial charge in [0, 0.05) is 19.6 Å². The van der Waals surface area contributed by atoms with Crippen LogP contribution in [-0.2, 0) is 0 Å². The number of piperidine rings is 1. The van der Waals surface area contributed by atoms with Gasteiger partial charge in [-0.1, -0.05) is 6.92 Å². The summed E-state index contributed by atoms with van der Waals surface area (Å²) in [4.78, 5) is 13.7. The van der Waals surface area contributed by atoms with Gasteiger partial charge < -0.3 is 15.5 Å². The van der Waals surface area contributed by atoms with E-state index < -0.39 is 0 Å². The van der Waals surface area contributed by atoms with Crippen LogP contribution in [0, 0.1) is 11.8 Å². The van der Waals surface area contributed by atoms with Crippen molar-refractivity contribution < 1.29 is 4.79 Å². The van der Waals surface area contributed by atoms with Gasteiger partial charge in [0.15, 0.2) is 0 Å². The summed E-state index contributed by atoms with van der Waals surface area (Å²) in [7, 11) is 0. The monoisotopic (exact) mass is 225 g/mol. The van der Waals surface area contributed by atoms with Crippen LogP contribution in [0.5, 0.6) is 0 Å². The van der Waals surface area contributed by atoms with Gasteiger partial charge in [-0.25, -0.2) is 4.79 Å². The van der Waals surface area contributed by atoms with Gasteiger partial charge in [0.2, 0.25) is 0 Å². The Morgan fingerprint density at radius 2 is 2.19 bits per heavy atom. The van der Waals surface area contributed by atoms with Crippen molar-refractivity contribution in [3.8, 4) is 0 Å². The molecule has 0 aliphatic carbocycles. The van der Waals surface area contributed by atoms with Crippen LogP contribution in [0.3, 0.4) is 0 Å². The van der Waals surface area contributed by atoms with Crippen molar-refractivity contribution in [1.82, 2.24) is 15.5 Å². The van der Waals surface area contributed by atoms with Crippen LogP contribution in [0.1, 0.15) is 26.2 Å². The van der Waals surface area contributed by atoms with Crippen LogP contribution in [0.25, 0.3) is 0 Å². The SMILES string of the molecule is CC1CCNCC1CNC(=O)N1CCCC1. The largest absolute Gasteiger partial charge is 0.338 e. The Labute approximate surface area is 97.8 Å². The molecule has 2 saturated heterocycles. The molecule has 0 aromatic heterocycles. The first-order valence-electron chi connectivity index (χ1n) is 6.51. The molecule has 0 spiro atoms. The Hall–Kier alpha value is -0.770. The van der Waals surface area contributed by atoms with Gasteiger partial charge in [0.25, 0.3) is 0 Å². The number of carbonyl (C=O) groups is 1. The van der Waals surface area contributed by atoms with Crippen LogP contribution in [0.15, 0.2) is 0 Å². The van der Waals surface area contributed by atoms with Crippen molar-refractivity contribution in [1.29, 1.82) is 0 Å². The average Bonchev–Trinajstić information content (AvgIpc) is 2.81. The molecule has 2 rings (SSSR count). The summed E-state index contributed by atoms with van der Waals surface area (Å²) >= 11 is 0. The fourth-order valence-corrected chi connectivity index (χ4v) is 2.58. The maximum atomic E-state index is 11.8. The van der Waals surface area contributed by atoms with Crippen LogP contribution in [0.4, 0.5) is 4.79 Å². The third-order valence-corrected chi connectivity index (χ3v) is 3.90. The highest BCUT2D eigenvalue weighted by Gasteiger charge is 2.23. The van der Waals surface area contributed by atoms with E-state index in [1.807, 2.05) is 4.90 Å². The summed E-state index contributed by atoms with van der Waals surface area (Å²) in [6.07, 6.45) is 3.55. The normalized spacial score (nSPS) is 30.4. The molecule has 2 amide bonds. The maximum Gasteiger partial charge on any atom is 0.317 e. The summed E-state index contributed by atoms with van der Waals surface area (Å²) in [5.74, 6) is 1.32. The molecule has 4 heteroatoms. The van der Waals surface area contributed by atoms with Crippen LogP contribution < -0.4 is 10.6 Å². The fourth-order valence-electron chi connectivity index (χ4n) is 2.58. The van der Waals surface area contributed by atoms with Crippen LogP contribution in [0.2, 0.25) is 0 Å². The molecular formula is C12H23N3O. The van der Waals surface area contributed by atoms with Crippen molar-refractivity contribution in [2.24, 2.45) is 11.8 Å². The zero-order chi connectivity index (χ0) is 11.4. The molecule has 0 aromatic carbocycles. The van der Waals surface area contributed by atoms with E-state index in [0.717, 1.165) is 51.5 Å². The highest BCUT2D eigenvalue weighted by molar-refractivity contribution is 5.74. The van der Waals surface area contributed by atoms with Crippen molar-refractivity contribution >= 4 is 6.03 Å². The van der Waals surface area contributed by atoms with E-state index in [9.17, 15) is 4.79 Å². The lowest BCUT2D eigenvalue weighted by Crippen LogP contribution is -2.45. The van der Waals surface area contributed by atoms with Crippen molar-refractivity contribution in [2.75, 3.05) is 32.7 Å². The standard InChI is InChI=1S/C12H23N3O/c1-10-4-5-13-8-11(10)9-14-12(16)15-6-2-3-7-15/h10-11,13H,2-9H2,1H3,(H,14,16). The van der Waals surface area contributed by atoms with E-state index in [4.69, 9.17) is 0 Å². The van der Waals surface area contributed by atoms with Gasteiger partial charge in [-0.05, 0) is 44.2 Å². The second-order valence-electron chi connectivity index (χ2n) is 5.11. The Kier molecular flexibility index (Phi) is 4.04. The number of nitrogens with one attached hydrogen (secondary N) is 2. The first-order chi connectivity index (χ1) is 7.77. The minimum atomic E-state index is 0.135. The minimum Gasteiger partial charge on any atom is -0.338 e. The van der Waals surface area contributed by atoms with E-state index in [-0.39, 0.29) is 6.03 Å². The maximum absolute atomic E-state index is 11.8. The molecule has 2 N–H and O–H groups in total. The number of likely N-dealkylation sites (tertiary alicyclic amines) is 1. The highest BCUT2D eigenvalue weighted by Crippen LogP contribution is 2.17. The lowest BCUT2D eigenvalue weighted by Gasteiger charge is -2.30. The summed E-state index contributed by atoms with van der Waals surface area (Å²) in [6.45, 7) is 7.14. The van der Waals surface area contributed by atoms with Gasteiger partial charge >= 0.3 is 6.03 Å². The molecule has 2 unspecified atom stereocenters. The molecule has 0 radical (unpaired) electrons. The average molecular weight is 225 g/mol. The number of urea groups is 1. The third-order valence-electron chi connectivity index (χ3n) is 3.90. The summed E-state index contributed by atoms with van der Waals surface area (Å²) in [6, 6.07) is 0.135. The first-order valence-corrected chi connectivity index (χ1v) is 6.51. The third kappa shape index (κ3) is 2.88. The van der Waals surface area contributed by atoms with Gasteiger partial charge in [-0.3, -0.25) is 0 Å². The molecule has 0 bridgehead atoms. The Balaban J connectivity index is 1.71. The number of rotatable bonds is 2. The van der Waals surface area contributed by atoms with E-state index in [0.29, 0.717) is 5.92 Å². The molecule has 2 heterocycles. The molecule has 4 nitrogen and oxygen atoms in total. The van der Waals surface area contributed by atoms with Crippen molar-refractivity contribution in [2.45, 2.75) is 26.2 Å². The predicted octanol–water partition coefficient (Wildman–Crippen LogP) is 1.04. The molecule has 16 heavy (non-hydrogen) atoms. The number of hydrogen-bond acceptors (Lipinski definition) is 2. The number of carbonyl (C=O) groups excluding carboxylic acids is 1. The van der Waals surface area contributed by atoms with Crippen LogP contribution >= 0.6 is 0 Å². The van der Waals surface area contributed by atoms with Gasteiger partial charge in [0.05, 0.1) is 0 Å². The Bertz CT molecular complexity index is 238. The summed E-state index contributed by atoms with van der Waals surface area (Å²) < 4.78 is 0. The van der Waals surface area contributed by atoms with Crippen molar-refractivity contribution in [3.63, 3.8) is 0 Å². The molecule has 2 fully saturated rings. The molecule has 2 atom stereocenters. The zero-order valence-electron chi connectivity index (χ0n) is 10.2. The number of hydrogen-bond donors (Lipinski definition) is 2. The second-order valence-corrected chi connectivity index (χ2v) is 5.11. The molecule has 92 valence electrons. The van der Waals surface area contributed by atoms with Gasteiger partial charge in [-0.2, -0.15) is 0 Å². The fraction of sp³-hybridized carbons (Fsp3) is 0.917. The van der Waals surface area contributed by atoms with E-state index >= 15 is 0 Å². The van der Waals surface area contributed by atoms with E-state index in [1.165, 1.54) is 6.42 Å².